The van der Waals surface area contributed by atoms with Gasteiger partial charge >= 0.3 is 5.97 Å². The third-order valence-corrected chi connectivity index (χ3v) is 6.61. The fourth-order valence-corrected chi connectivity index (χ4v) is 4.66. The minimum absolute atomic E-state index is 0.236. The van der Waals surface area contributed by atoms with Gasteiger partial charge in [0.1, 0.15) is 6.54 Å². The van der Waals surface area contributed by atoms with Gasteiger partial charge in [-0.05, 0) is 12.3 Å². The van der Waals surface area contributed by atoms with E-state index in [9.17, 15) is 14.7 Å². The Kier molecular flexibility index (Phi) is 21.4. The van der Waals surface area contributed by atoms with Crippen molar-refractivity contribution in [2.45, 2.75) is 148 Å². The third kappa shape index (κ3) is 27.3. The fraction of sp³-hybridized carbons (Fsp3) is 0.933. The molecule has 5 heteroatoms. The van der Waals surface area contributed by atoms with Crippen LogP contribution in [0.1, 0.15) is 142 Å². The van der Waals surface area contributed by atoms with E-state index in [2.05, 4.69) is 13.8 Å². The summed E-state index contributed by atoms with van der Waals surface area (Å²) < 4.78 is 5.95. The van der Waals surface area contributed by atoms with E-state index < -0.39 is 12.1 Å². The van der Waals surface area contributed by atoms with Crippen molar-refractivity contribution < 1.29 is 23.9 Å². The highest BCUT2D eigenvalue weighted by Crippen LogP contribution is 2.16. The fourth-order valence-electron chi connectivity index (χ4n) is 4.66. The Hall–Kier alpha value is -1.10. The normalized spacial score (nSPS) is 12.7. The van der Waals surface area contributed by atoms with Crippen LogP contribution in [0.25, 0.3) is 0 Å². The first kappa shape index (κ1) is 33.9. The van der Waals surface area contributed by atoms with Crippen LogP contribution < -0.4 is 5.11 Å². The minimum Gasteiger partial charge on any atom is -0.550 e. The number of aliphatic carboxylic acids is 1. The van der Waals surface area contributed by atoms with Crippen LogP contribution in [-0.4, -0.2) is 50.2 Å². The van der Waals surface area contributed by atoms with Crippen molar-refractivity contribution in [1.82, 2.24) is 0 Å². The van der Waals surface area contributed by atoms with Crippen molar-refractivity contribution in [2.24, 2.45) is 5.92 Å². The van der Waals surface area contributed by atoms with Crippen LogP contribution in [0.2, 0.25) is 0 Å². The molecule has 0 aromatic rings. The second-order valence-electron chi connectivity index (χ2n) is 12.1. The lowest BCUT2D eigenvalue weighted by Crippen LogP contribution is -2.45. The second kappa shape index (κ2) is 22.1. The Morgan fingerprint density at radius 1 is 0.657 bits per heavy atom. The van der Waals surface area contributed by atoms with E-state index in [4.69, 9.17) is 4.74 Å². The topological polar surface area (TPSA) is 66.4 Å². The molecule has 0 aliphatic heterocycles. The summed E-state index contributed by atoms with van der Waals surface area (Å²) in [6.07, 6.45) is 23.3. The van der Waals surface area contributed by atoms with Crippen LogP contribution in [0.4, 0.5) is 0 Å². The van der Waals surface area contributed by atoms with Crippen molar-refractivity contribution in [3.05, 3.63) is 0 Å². The van der Waals surface area contributed by atoms with Gasteiger partial charge in [0.05, 0.1) is 21.1 Å². The predicted molar refractivity (Wildman–Crippen MR) is 145 cm³/mol. The molecule has 0 aliphatic rings. The maximum Gasteiger partial charge on any atom is 0.306 e. The lowest BCUT2D eigenvalue weighted by Gasteiger charge is -2.29. The molecule has 35 heavy (non-hydrogen) atoms. The van der Waals surface area contributed by atoms with Gasteiger partial charge in [-0.3, -0.25) is 4.79 Å². The van der Waals surface area contributed by atoms with Gasteiger partial charge < -0.3 is 19.1 Å². The average Bonchev–Trinajstić information content (AvgIpc) is 2.73. The van der Waals surface area contributed by atoms with E-state index in [-0.39, 0.29) is 12.4 Å². The SMILES string of the molecule is CC(C)CCCCCCCCCCCCCCCCCCCC(=O)OC(CC(=O)[O-])C[N+](C)(C)C. The van der Waals surface area contributed by atoms with Crippen molar-refractivity contribution in [2.75, 3.05) is 27.7 Å². The minimum atomic E-state index is -1.17. The summed E-state index contributed by atoms with van der Waals surface area (Å²) in [7, 11) is 5.86. The highest BCUT2D eigenvalue weighted by Gasteiger charge is 2.22. The van der Waals surface area contributed by atoms with Crippen molar-refractivity contribution in [3.8, 4) is 0 Å². The van der Waals surface area contributed by atoms with Crippen molar-refractivity contribution in [3.63, 3.8) is 0 Å². The maximum atomic E-state index is 12.1. The van der Waals surface area contributed by atoms with E-state index in [0.717, 1.165) is 25.2 Å². The largest absolute Gasteiger partial charge is 0.550 e. The first-order valence-electron chi connectivity index (χ1n) is 14.8. The standard InChI is InChI=1S/C30H59NO4/c1-27(2)23-21-19-17-15-13-11-9-7-6-8-10-12-14-16-18-20-22-24-30(34)35-28(25-29(32)33)26-31(3,4)5/h27-28H,6-26H2,1-5H3. The molecule has 1 unspecified atom stereocenters. The number of hydrogen-bond donors (Lipinski definition) is 0. The third-order valence-electron chi connectivity index (χ3n) is 6.61. The Balaban J connectivity index is 3.44. The van der Waals surface area contributed by atoms with Crippen LogP contribution in [0, 0.1) is 5.92 Å². The van der Waals surface area contributed by atoms with Gasteiger partial charge in [-0.15, -0.1) is 0 Å². The molecule has 0 spiro atoms. The number of carboxylic acids is 1. The van der Waals surface area contributed by atoms with Crippen molar-refractivity contribution >= 4 is 11.9 Å². The molecular formula is C30H59NO4. The van der Waals surface area contributed by atoms with Gasteiger partial charge in [0.15, 0.2) is 6.10 Å². The lowest BCUT2D eigenvalue weighted by molar-refractivity contribution is -0.873. The summed E-state index contributed by atoms with van der Waals surface area (Å²) in [4.78, 5) is 23.0. The molecule has 0 aliphatic carbocycles. The van der Waals surface area contributed by atoms with Gasteiger partial charge in [0.2, 0.25) is 0 Å². The average molecular weight is 498 g/mol. The molecule has 0 heterocycles. The molecule has 0 amide bonds. The van der Waals surface area contributed by atoms with E-state index in [1.54, 1.807) is 0 Å². The second-order valence-corrected chi connectivity index (χ2v) is 12.1. The van der Waals surface area contributed by atoms with Crippen LogP contribution in [0.5, 0.6) is 0 Å². The van der Waals surface area contributed by atoms with Crippen LogP contribution in [0.15, 0.2) is 0 Å². The number of carbonyl (C=O) groups is 2. The zero-order chi connectivity index (χ0) is 26.4. The molecule has 0 saturated heterocycles. The highest BCUT2D eigenvalue weighted by atomic mass is 16.5. The Bertz CT molecular complexity index is 513. The maximum absolute atomic E-state index is 12.1. The number of nitrogens with zero attached hydrogens (tertiary/aromatic N) is 1. The number of rotatable bonds is 25. The number of ether oxygens (including phenoxy) is 1. The number of likely N-dealkylation sites (N-methyl/N-ethyl adjacent to an activating group) is 1. The molecule has 0 bridgehead atoms. The van der Waals surface area contributed by atoms with Crippen LogP contribution in [0.3, 0.4) is 0 Å². The summed E-state index contributed by atoms with van der Waals surface area (Å²) in [5.74, 6) is -0.595. The number of carboxylic acid groups (broad SMARTS) is 1. The summed E-state index contributed by atoms with van der Waals surface area (Å²) in [5, 5.41) is 10.9. The Labute approximate surface area is 218 Å². The smallest absolute Gasteiger partial charge is 0.306 e. The van der Waals surface area contributed by atoms with Crippen molar-refractivity contribution in [1.29, 1.82) is 0 Å². The molecular weight excluding hydrogens is 438 g/mol. The van der Waals surface area contributed by atoms with Crippen LogP contribution >= 0.6 is 0 Å². The quantitative estimate of drug-likeness (QED) is 0.0789. The first-order chi connectivity index (χ1) is 16.6. The van der Waals surface area contributed by atoms with Gasteiger partial charge in [0, 0.05) is 18.8 Å². The van der Waals surface area contributed by atoms with Gasteiger partial charge in [-0.25, -0.2) is 0 Å². The van der Waals surface area contributed by atoms with E-state index in [0.29, 0.717) is 17.4 Å². The number of hydrogen-bond acceptors (Lipinski definition) is 4. The Morgan fingerprint density at radius 2 is 1.03 bits per heavy atom. The monoisotopic (exact) mass is 497 g/mol. The molecule has 0 saturated carbocycles. The zero-order valence-corrected chi connectivity index (χ0v) is 24.1. The first-order valence-corrected chi connectivity index (χ1v) is 14.8. The van der Waals surface area contributed by atoms with Gasteiger partial charge in [-0.2, -0.15) is 0 Å². The van der Waals surface area contributed by atoms with Crippen LogP contribution in [-0.2, 0) is 14.3 Å². The molecule has 208 valence electrons. The highest BCUT2D eigenvalue weighted by molar-refractivity contribution is 5.70. The summed E-state index contributed by atoms with van der Waals surface area (Å²) in [6.45, 7) is 5.11. The number of unbranched alkanes of at least 4 members (excludes halogenated alkanes) is 16. The molecule has 5 nitrogen and oxygen atoms in total. The molecule has 1 atom stereocenters. The zero-order valence-electron chi connectivity index (χ0n) is 24.1. The number of esters is 1. The molecule has 0 rings (SSSR count). The molecule has 0 fully saturated rings. The molecule has 0 aromatic heterocycles. The van der Waals surface area contributed by atoms with E-state index in [1.165, 1.54) is 96.3 Å². The number of carbonyl (C=O) groups excluding carboxylic acids is 2. The van der Waals surface area contributed by atoms with Gasteiger partial charge in [-0.1, -0.05) is 123 Å². The summed E-state index contributed by atoms with van der Waals surface area (Å²) >= 11 is 0. The lowest BCUT2D eigenvalue weighted by atomic mass is 10.0. The summed E-state index contributed by atoms with van der Waals surface area (Å²) in [6, 6.07) is 0. The summed E-state index contributed by atoms with van der Waals surface area (Å²) in [5.41, 5.74) is 0. The van der Waals surface area contributed by atoms with E-state index >= 15 is 0 Å². The van der Waals surface area contributed by atoms with E-state index in [1.807, 2.05) is 21.1 Å². The molecule has 0 aromatic carbocycles. The predicted octanol–water partition coefficient (Wildman–Crippen LogP) is 6.81. The molecule has 0 radical (unpaired) electrons. The van der Waals surface area contributed by atoms with Gasteiger partial charge in [0.25, 0.3) is 0 Å². The molecule has 0 N–H and O–H groups in total. The Morgan fingerprint density at radius 3 is 1.37 bits per heavy atom. The number of quaternary nitrogens is 1.